The second-order valence-corrected chi connectivity index (χ2v) is 14.0. The Morgan fingerprint density at radius 1 is 1.08 bits per heavy atom. The molecule has 14 heteroatoms. The van der Waals surface area contributed by atoms with Gasteiger partial charge in [0.05, 0.1) is 46.4 Å². The van der Waals surface area contributed by atoms with Crippen LogP contribution < -0.4 is 15.8 Å². The smallest absolute Gasteiger partial charge is 0.434 e. The summed E-state index contributed by atoms with van der Waals surface area (Å²) < 4.78 is 55.3. The van der Waals surface area contributed by atoms with Crippen molar-refractivity contribution in [3.63, 3.8) is 0 Å². The number of carbonyl (C=O) groups is 1. The lowest BCUT2D eigenvalue weighted by Gasteiger charge is -2.18. The van der Waals surface area contributed by atoms with E-state index in [0.29, 0.717) is 74.0 Å². The number of fused-ring (bicyclic) bond motifs is 5. The number of carbonyl (C=O) groups excluding carboxylic acids is 1. The van der Waals surface area contributed by atoms with E-state index in [2.05, 4.69) is 20.5 Å². The fourth-order valence-corrected chi connectivity index (χ4v) is 8.97. The van der Waals surface area contributed by atoms with Gasteiger partial charge in [-0.3, -0.25) is 9.78 Å². The maximum absolute atomic E-state index is 15.6. The molecule has 10 nitrogen and oxygen atoms in total. The first kappa shape index (κ1) is 31.5. The third-order valence-corrected chi connectivity index (χ3v) is 11.3. The van der Waals surface area contributed by atoms with Gasteiger partial charge >= 0.3 is 5.76 Å². The lowest BCUT2D eigenvalue weighted by molar-refractivity contribution is 0.0776. The maximum atomic E-state index is 15.6. The first-order valence-electron chi connectivity index (χ1n) is 16.6. The topological polar surface area (TPSA) is 126 Å². The molecule has 1 fully saturated rings. The van der Waals surface area contributed by atoms with E-state index in [9.17, 15) is 18.4 Å². The quantitative estimate of drug-likeness (QED) is 0.171. The van der Waals surface area contributed by atoms with Gasteiger partial charge in [0.25, 0.3) is 11.8 Å². The van der Waals surface area contributed by atoms with Crippen LogP contribution in [0.2, 0.25) is 0 Å². The molecule has 1 aliphatic carbocycles. The van der Waals surface area contributed by atoms with Gasteiger partial charge in [-0.2, -0.15) is 0 Å². The number of aromatic nitrogens is 4. The Morgan fingerprint density at radius 3 is 2.71 bits per heavy atom. The second kappa shape index (κ2) is 12.1. The molecule has 0 saturated carbocycles. The molecule has 0 unspecified atom stereocenters. The van der Waals surface area contributed by atoms with Crippen molar-refractivity contribution in [1.29, 1.82) is 0 Å². The number of alkyl halides is 1. The highest BCUT2D eigenvalue weighted by molar-refractivity contribution is 7.23. The number of hydrogen-bond donors (Lipinski definition) is 2. The van der Waals surface area contributed by atoms with Crippen LogP contribution in [0.1, 0.15) is 63.4 Å². The van der Waals surface area contributed by atoms with Crippen molar-refractivity contribution < 1.29 is 27.1 Å². The molecule has 3 atom stereocenters. The first-order chi connectivity index (χ1) is 24.8. The Kier molecular flexibility index (Phi) is 7.45. The zero-order valence-corrected chi connectivity index (χ0v) is 28.0. The molecule has 0 radical (unpaired) electrons. The van der Waals surface area contributed by atoms with Crippen LogP contribution in [0.15, 0.2) is 63.9 Å². The minimum absolute atomic E-state index is 0.00258. The van der Waals surface area contributed by atoms with Gasteiger partial charge in [-0.1, -0.05) is 18.2 Å². The second-order valence-electron chi connectivity index (χ2n) is 12.9. The Bertz CT molecular complexity index is 2430. The van der Waals surface area contributed by atoms with Crippen LogP contribution in [0.4, 0.5) is 19.0 Å². The standard InChI is InChI=1S/C37H29F3N6O4S/c1-49-32-21-16-23(40)30(20(21)9-10-22(32)39)43-34-33-18(12-13-41-34)15-26(51-33)28-27(35-44-45-37(48)50-35)24(11-6-17-4-7-19(38)8-5-17)42-31-25-3-2-14-46(25)36(47)29(28)31/h4-5,7-10,12-13,15,23,25,30H,2-3,6,11,14,16H2,1H3,(H,41,43)(H,45,48)/t23-,25+,30-/m1/s1. The highest BCUT2D eigenvalue weighted by Gasteiger charge is 2.45. The zero-order valence-electron chi connectivity index (χ0n) is 27.1. The van der Waals surface area contributed by atoms with Crippen LogP contribution >= 0.6 is 11.3 Å². The Morgan fingerprint density at radius 2 is 1.92 bits per heavy atom. The molecule has 9 rings (SSSR count). The number of nitrogens with zero attached hydrogens (tertiary/aromatic N) is 4. The number of pyridine rings is 2. The molecule has 2 N–H and O–H groups in total. The number of halogens is 3. The van der Waals surface area contributed by atoms with Gasteiger partial charge in [0.1, 0.15) is 17.8 Å². The number of anilines is 1. The number of amides is 1. The summed E-state index contributed by atoms with van der Waals surface area (Å²) in [5.41, 5.74) is 4.61. The average Bonchev–Trinajstić information content (AvgIpc) is 3.96. The molecule has 0 bridgehead atoms. The van der Waals surface area contributed by atoms with Crippen LogP contribution in [-0.4, -0.2) is 50.8 Å². The van der Waals surface area contributed by atoms with E-state index in [0.717, 1.165) is 23.8 Å². The van der Waals surface area contributed by atoms with Gasteiger partial charge in [0.15, 0.2) is 11.6 Å². The summed E-state index contributed by atoms with van der Waals surface area (Å²) in [4.78, 5) is 38.7. The fraction of sp³-hybridized carbons (Fsp3) is 0.270. The van der Waals surface area contributed by atoms with Crippen molar-refractivity contribution in [3.05, 3.63) is 111 Å². The number of methoxy groups -OCH3 is 1. The predicted molar refractivity (Wildman–Crippen MR) is 184 cm³/mol. The molecular formula is C37H29F3N6O4S. The summed E-state index contributed by atoms with van der Waals surface area (Å²) in [6.45, 7) is 0.601. The summed E-state index contributed by atoms with van der Waals surface area (Å²) in [7, 11) is 1.36. The van der Waals surface area contributed by atoms with Gasteiger partial charge < -0.3 is 19.4 Å². The monoisotopic (exact) mass is 710 g/mol. The minimum atomic E-state index is -1.36. The molecule has 258 valence electrons. The van der Waals surface area contributed by atoms with E-state index >= 15 is 4.39 Å². The van der Waals surface area contributed by atoms with Crippen molar-refractivity contribution in [1.82, 2.24) is 25.1 Å². The number of hydrogen-bond acceptors (Lipinski definition) is 9. The maximum Gasteiger partial charge on any atom is 0.434 e. The SMILES string of the molecule is COc1c(F)ccc2c1C[C@@H](F)[C@@H]2Nc1nccc2cc(-c3c4c(nc(CCc5ccc(F)cc5)c3-c3n[nH]c(=O)o3)[C@@H]3CCCN3C4=O)sc12. The number of ether oxygens (including phenoxy) is 1. The average molecular weight is 711 g/mol. The van der Waals surface area contributed by atoms with E-state index in [-0.39, 0.29) is 35.8 Å². The summed E-state index contributed by atoms with van der Waals surface area (Å²) in [6.07, 6.45) is 2.76. The summed E-state index contributed by atoms with van der Waals surface area (Å²) in [5.74, 6) is -1.34. The van der Waals surface area contributed by atoms with Crippen LogP contribution in [0.3, 0.4) is 0 Å². The number of H-pyrrole nitrogens is 1. The van der Waals surface area contributed by atoms with Crippen molar-refractivity contribution in [2.75, 3.05) is 19.0 Å². The van der Waals surface area contributed by atoms with Gasteiger partial charge in [-0.15, -0.1) is 16.4 Å². The molecule has 51 heavy (non-hydrogen) atoms. The number of nitrogens with one attached hydrogen (secondary N) is 2. The van der Waals surface area contributed by atoms with Crippen LogP contribution in [0.5, 0.6) is 5.75 Å². The highest BCUT2D eigenvalue weighted by Crippen LogP contribution is 2.51. The highest BCUT2D eigenvalue weighted by atomic mass is 32.1. The molecule has 2 aromatic carbocycles. The van der Waals surface area contributed by atoms with Crippen LogP contribution in [-0.2, 0) is 19.3 Å². The molecular weight excluding hydrogens is 682 g/mol. The van der Waals surface area contributed by atoms with E-state index in [1.807, 2.05) is 17.0 Å². The zero-order chi connectivity index (χ0) is 35.0. The summed E-state index contributed by atoms with van der Waals surface area (Å²) in [6, 6.07) is 11.9. The van der Waals surface area contributed by atoms with Gasteiger partial charge in [0.2, 0.25) is 0 Å². The van der Waals surface area contributed by atoms with Crippen LogP contribution in [0.25, 0.3) is 32.0 Å². The van der Waals surface area contributed by atoms with Crippen molar-refractivity contribution in [2.24, 2.45) is 0 Å². The fourth-order valence-electron chi connectivity index (χ4n) is 7.81. The van der Waals surface area contributed by atoms with E-state index in [4.69, 9.17) is 14.1 Å². The molecule has 2 aliphatic heterocycles. The van der Waals surface area contributed by atoms with E-state index < -0.39 is 23.8 Å². The number of aryl methyl sites for hydroxylation is 2. The molecule has 4 aromatic heterocycles. The van der Waals surface area contributed by atoms with Crippen molar-refractivity contribution in [3.8, 4) is 27.6 Å². The molecule has 6 aromatic rings. The Labute approximate surface area is 292 Å². The van der Waals surface area contributed by atoms with Gasteiger partial charge in [-0.05, 0) is 72.5 Å². The normalized spacial score (nSPS) is 19.1. The van der Waals surface area contributed by atoms with Crippen molar-refractivity contribution in [2.45, 2.75) is 50.4 Å². The number of aromatic amines is 1. The molecule has 1 saturated heterocycles. The van der Waals surface area contributed by atoms with Crippen LogP contribution in [0, 0.1) is 11.6 Å². The minimum Gasteiger partial charge on any atom is -0.493 e. The molecule has 0 spiro atoms. The lowest BCUT2D eigenvalue weighted by Crippen LogP contribution is -2.22. The summed E-state index contributed by atoms with van der Waals surface area (Å²) in [5, 5.41) is 10.6. The lowest BCUT2D eigenvalue weighted by atomic mass is 9.93. The van der Waals surface area contributed by atoms with Gasteiger partial charge in [-0.25, -0.2) is 28.0 Å². The van der Waals surface area contributed by atoms with E-state index in [1.54, 1.807) is 24.4 Å². The molecule has 1 amide bonds. The summed E-state index contributed by atoms with van der Waals surface area (Å²) >= 11 is 1.36. The number of benzene rings is 2. The van der Waals surface area contributed by atoms with Crippen molar-refractivity contribution >= 4 is 33.1 Å². The van der Waals surface area contributed by atoms with Gasteiger partial charge in [0, 0.05) is 35.2 Å². The molecule has 6 heterocycles. The predicted octanol–water partition coefficient (Wildman–Crippen LogP) is 7.11. The Balaban J connectivity index is 1.20. The Hall–Kier alpha value is -5.50. The molecule has 3 aliphatic rings. The largest absolute Gasteiger partial charge is 0.493 e. The number of rotatable bonds is 8. The third-order valence-electron chi connectivity index (χ3n) is 10.1. The third kappa shape index (κ3) is 5.10. The number of thiophene rings is 1. The van der Waals surface area contributed by atoms with E-state index in [1.165, 1.54) is 36.6 Å². The first-order valence-corrected chi connectivity index (χ1v) is 17.4.